The van der Waals surface area contributed by atoms with Crippen LogP contribution in [0.5, 0.6) is 0 Å². The van der Waals surface area contributed by atoms with Crippen molar-refractivity contribution in [1.29, 1.82) is 0 Å². The van der Waals surface area contributed by atoms with Gasteiger partial charge in [-0.05, 0) is 51.0 Å². The highest BCUT2D eigenvalue weighted by Crippen LogP contribution is 2.13. The zero-order valence-electron chi connectivity index (χ0n) is 12.2. The predicted molar refractivity (Wildman–Crippen MR) is 82.7 cm³/mol. The van der Waals surface area contributed by atoms with Crippen molar-refractivity contribution < 1.29 is 0 Å². The molecule has 1 aromatic carbocycles. The zero-order valence-corrected chi connectivity index (χ0v) is 12.2. The minimum atomic E-state index is 0.635. The molecule has 1 aliphatic rings. The van der Waals surface area contributed by atoms with Crippen molar-refractivity contribution in [2.45, 2.75) is 38.8 Å². The molecule has 0 saturated carbocycles. The second kappa shape index (κ2) is 6.37. The van der Waals surface area contributed by atoms with Crippen molar-refractivity contribution >= 4 is 11.0 Å². The largest absolute Gasteiger partial charge is 0.341 e. The van der Waals surface area contributed by atoms with Gasteiger partial charge in [-0.2, -0.15) is 0 Å². The van der Waals surface area contributed by atoms with E-state index >= 15 is 0 Å². The SMILES string of the molecule is CCCN1CCC(NCc2nc3ccccc3[nH]2)CC1. The lowest BCUT2D eigenvalue weighted by atomic mass is 10.0. The molecule has 0 radical (unpaired) electrons. The predicted octanol–water partition coefficient (Wildman–Crippen LogP) is 2.53. The number of aromatic nitrogens is 2. The number of para-hydroxylation sites is 2. The molecule has 0 amide bonds. The quantitative estimate of drug-likeness (QED) is 0.879. The molecule has 2 heterocycles. The highest BCUT2D eigenvalue weighted by atomic mass is 15.1. The molecule has 0 bridgehead atoms. The van der Waals surface area contributed by atoms with Crippen molar-refractivity contribution in [3.63, 3.8) is 0 Å². The van der Waals surface area contributed by atoms with Gasteiger partial charge in [0.2, 0.25) is 0 Å². The van der Waals surface area contributed by atoms with E-state index in [9.17, 15) is 0 Å². The maximum atomic E-state index is 4.61. The zero-order chi connectivity index (χ0) is 13.8. The Balaban J connectivity index is 1.50. The summed E-state index contributed by atoms with van der Waals surface area (Å²) in [5.74, 6) is 1.04. The monoisotopic (exact) mass is 272 g/mol. The summed E-state index contributed by atoms with van der Waals surface area (Å²) in [7, 11) is 0. The molecule has 1 saturated heterocycles. The molecule has 20 heavy (non-hydrogen) atoms. The summed E-state index contributed by atoms with van der Waals surface area (Å²) >= 11 is 0. The van der Waals surface area contributed by atoms with Crippen LogP contribution in [0, 0.1) is 0 Å². The van der Waals surface area contributed by atoms with Crippen molar-refractivity contribution in [1.82, 2.24) is 20.2 Å². The first-order chi connectivity index (χ1) is 9.85. The highest BCUT2D eigenvalue weighted by Gasteiger charge is 2.18. The molecule has 1 aromatic heterocycles. The van der Waals surface area contributed by atoms with Gasteiger partial charge in [0, 0.05) is 6.04 Å². The second-order valence-electron chi connectivity index (χ2n) is 5.70. The molecule has 0 unspecified atom stereocenters. The number of imidazole rings is 1. The molecule has 4 heteroatoms. The van der Waals surface area contributed by atoms with Crippen molar-refractivity contribution in [3.05, 3.63) is 30.1 Å². The molecular formula is C16H24N4. The third-order valence-corrected chi connectivity index (χ3v) is 4.12. The van der Waals surface area contributed by atoms with E-state index < -0.39 is 0 Å². The maximum Gasteiger partial charge on any atom is 0.121 e. The number of H-pyrrole nitrogens is 1. The Kier molecular flexibility index (Phi) is 4.33. The molecule has 0 aliphatic carbocycles. The van der Waals surface area contributed by atoms with Crippen molar-refractivity contribution in [2.75, 3.05) is 19.6 Å². The average Bonchev–Trinajstić information content (AvgIpc) is 2.90. The molecule has 0 spiro atoms. The summed E-state index contributed by atoms with van der Waals surface area (Å²) in [6, 6.07) is 8.84. The minimum absolute atomic E-state index is 0.635. The lowest BCUT2D eigenvalue weighted by Gasteiger charge is -2.32. The van der Waals surface area contributed by atoms with Gasteiger partial charge in [0.25, 0.3) is 0 Å². The summed E-state index contributed by atoms with van der Waals surface area (Å²) in [5, 5.41) is 3.64. The summed E-state index contributed by atoms with van der Waals surface area (Å²) in [4.78, 5) is 10.6. The van der Waals surface area contributed by atoms with Crippen LogP contribution >= 0.6 is 0 Å². The van der Waals surface area contributed by atoms with Crippen LogP contribution in [0.3, 0.4) is 0 Å². The van der Waals surface area contributed by atoms with E-state index in [1.54, 1.807) is 0 Å². The van der Waals surface area contributed by atoms with Gasteiger partial charge in [-0.1, -0.05) is 19.1 Å². The first kappa shape index (κ1) is 13.6. The van der Waals surface area contributed by atoms with E-state index in [-0.39, 0.29) is 0 Å². The number of likely N-dealkylation sites (tertiary alicyclic amines) is 1. The third kappa shape index (κ3) is 3.19. The number of fused-ring (bicyclic) bond motifs is 1. The number of piperidine rings is 1. The smallest absolute Gasteiger partial charge is 0.121 e. The van der Waals surface area contributed by atoms with Gasteiger partial charge in [-0.3, -0.25) is 0 Å². The standard InChI is InChI=1S/C16H24N4/c1-2-9-20-10-7-13(8-11-20)17-12-16-18-14-5-3-4-6-15(14)19-16/h3-6,13,17H,2,7-12H2,1H3,(H,18,19). The van der Waals surface area contributed by atoms with Gasteiger partial charge in [-0.25, -0.2) is 4.98 Å². The van der Waals surface area contributed by atoms with Crippen LogP contribution in [0.4, 0.5) is 0 Å². The number of hydrogen-bond acceptors (Lipinski definition) is 3. The van der Waals surface area contributed by atoms with Crippen LogP contribution < -0.4 is 5.32 Å². The topological polar surface area (TPSA) is 44.0 Å². The van der Waals surface area contributed by atoms with Gasteiger partial charge in [0.05, 0.1) is 17.6 Å². The fourth-order valence-electron chi connectivity index (χ4n) is 3.01. The molecule has 0 atom stereocenters. The third-order valence-electron chi connectivity index (χ3n) is 4.12. The van der Waals surface area contributed by atoms with Gasteiger partial charge >= 0.3 is 0 Å². The van der Waals surface area contributed by atoms with Crippen LogP contribution in [0.1, 0.15) is 32.0 Å². The number of hydrogen-bond donors (Lipinski definition) is 2. The summed E-state index contributed by atoms with van der Waals surface area (Å²) in [5.41, 5.74) is 2.18. The number of nitrogens with one attached hydrogen (secondary N) is 2. The molecule has 2 N–H and O–H groups in total. The van der Waals surface area contributed by atoms with Crippen LogP contribution in [-0.2, 0) is 6.54 Å². The number of aromatic amines is 1. The van der Waals surface area contributed by atoms with E-state index in [2.05, 4.69) is 39.2 Å². The summed E-state index contributed by atoms with van der Waals surface area (Å²) in [6.45, 7) is 6.80. The van der Waals surface area contributed by atoms with Gasteiger partial charge in [0.1, 0.15) is 5.82 Å². The van der Waals surface area contributed by atoms with Crippen LogP contribution in [0.15, 0.2) is 24.3 Å². The maximum absolute atomic E-state index is 4.61. The normalized spacial score (nSPS) is 17.9. The first-order valence-electron chi connectivity index (χ1n) is 7.74. The van der Waals surface area contributed by atoms with Crippen LogP contribution in [0.2, 0.25) is 0 Å². The molecule has 4 nitrogen and oxygen atoms in total. The molecule has 1 fully saturated rings. The fraction of sp³-hybridized carbons (Fsp3) is 0.562. The van der Waals surface area contributed by atoms with E-state index in [1.165, 1.54) is 38.9 Å². The van der Waals surface area contributed by atoms with Crippen LogP contribution in [-0.4, -0.2) is 40.5 Å². The molecular weight excluding hydrogens is 248 g/mol. The Bertz CT molecular complexity index is 507. The molecule has 1 aliphatic heterocycles. The Morgan fingerprint density at radius 1 is 1.30 bits per heavy atom. The van der Waals surface area contributed by atoms with Gasteiger partial charge in [0.15, 0.2) is 0 Å². The lowest BCUT2D eigenvalue weighted by Crippen LogP contribution is -2.42. The number of rotatable bonds is 5. The fourth-order valence-corrected chi connectivity index (χ4v) is 3.01. The van der Waals surface area contributed by atoms with Gasteiger partial charge < -0.3 is 15.2 Å². The Labute approximate surface area is 120 Å². The summed E-state index contributed by atoms with van der Waals surface area (Å²) in [6.07, 6.45) is 3.76. The Morgan fingerprint density at radius 3 is 2.85 bits per heavy atom. The number of benzene rings is 1. The minimum Gasteiger partial charge on any atom is -0.341 e. The first-order valence-corrected chi connectivity index (χ1v) is 7.74. The Morgan fingerprint density at radius 2 is 2.10 bits per heavy atom. The van der Waals surface area contributed by atoms with Crippen molar-refractivity contribution in [3.8, 4) is 0 Å². The lowest BCUT2D eigenvalue weighted by molar-refractivity contribution is 0.197. The van der Waals surface area contributed by atoms with E-state index in [4.69, 9.17) is 0 Å². The average molecular weight is 272 g/mol. The molecule has 108 valence electrons. The van der Waals surface area contributed by atoms with E-state index in [0.717, 1.165) is 23.4 Å². The molecule has 2 aromatic rings. The van der Waals surface area contributed by atoms with Gasteiger partial charge in [-0.15, -0.1) is 0 Å². The van der Waals surface area contributed by atoms with E-state index in [0.29, 0.717) is 6.04 Å². The number of nitrogens with zero attached hydrogens (tertiary/aromatic N) is 2. The van der Waals surface area contributed by atoms with E-state index in [1.807, 2.05) is 12.1 Å². The Hall–Kier alpha value is -1.39. The van der Waals surface area contributed by atoms with Crippen molar-refractivity contribution in [2.24, 2.45) is 0 Å². The molecule has 3 rings (SSSR count). The second-order valence-corrected chi connectivity index (χ2v) is 5.70. The van der Waals surface area contributed by atoms with Crippen LogP contribution in [0.25, 0.3) is 11.0 Å². The highest BCUT2D eigenvalue weighted by molar-refractivity contribution is 5.74. The summed E-state index contributed by atoms with van der Waals surface area (Å²) < 4.78 is 0.